The Bertz CT molecular complexity index is 735. The van der Waals surface area contributed by atoms with E-state index in [9.17, 15) is 0 Å². The molecule has 0 unspecified atom stereocenters. The van der Waals surface area contributed by atoms with Gasteiger partial charge in [0.05, 0.1) is 11.0 Å². The Morgan fingerprint density at radius 2 is 1.95 bits per heavy atom. The van der Waals surface area contributed by atoms with Gasteiger partial charge >= 0.3 is 0 Å². The number of hydrogen-bond acceptors (Lipinski definition) is 2. The van der Waals surface area contributed by atoms with Crippen LogP contribution in [0.3, 0.4) is 0 Å². The molecule has 1 aromatic carbocycles. The van der Waals surface area contributed by atoms with Crippen LogP contribution < -0.4 is 4.90 Å². The Hall–Kier alpha value is -0.550. The molecule has 3 nitrogen and oxygen atoms in total. The van der Waals surface area contributed by atoms with Gasteiger partial charge in [0.25, 0.3) is 0 Å². The molecule has 2 aromatic rings. The highest BCUT2D eigenvalue weighted by Gasteiger charge is 2.29. The average Bonchev–Trinajstić information content (AvgIpc) is 3.07. The third kappa shape index (κ3) is 1.93. The van der Waals surface area contributed by atoms with Crippen molar-refractivity contribution < 1.29 is 0 Å². The van der Waals surface area contributed by atoms with E-state index in [0.29, 0.717) is 6.04 Å². The van der Waals surface area contributed by atoms with Gasteiger partial charge < -0.3 is 9.47 Å². The number of halogens is 2. The van der Waals surface area contributed by atoms with E-state index in [-0.39, 0.29) is 0 Å². The molecule has 1 saturated heterocycles. The summed E-state index contributed by atoms with van der Waals surface area (Å²) in [7, 11) is 0. The highest BCUT2D eigenvalue weighted by molar-refractivity contribution is 9.13. The zero-order valence-corrected chi connectivity index (χ0v) is 15.6. The van der Waals surface area contributed by atoms with Gasteiger partial charge in [-0.15, -0.1) is 0 Å². The van der Waals surface area contributed by atoms with Gasteiger partial charge in [0.15, 0.2) is 0 Å². The summed E-state index contributed by atoms with van der Waals surface area (Å²) in [6.07, 6.45) is 4.89. The normalized spacial score (nSPS) is 21.5. The fraction of sp³-hybridized carbons (Fsp3) is 0.562. The van der Waals surface area contributed by atoms with E-state index in [2.05, 4.69) is 55.2 Å². The first-order valence-electron chi connectivity index (χ1n) is 7.73. The molecular formula is C16H19Br2N3. The zero-order chi connectivity index (χ0) is 14.7. The van der Waals surface area contributed by atoms with Crippen molar-refractivity contribution in [1.29, 1.82) is 0 Å². The van der Waals surface area contributed by atoms with Crippen molar-refractivity contribution >= 4 is 48.8 Å². The van der Waals surface area contributed by atoms with Gasteiger partial charge in [-0.1, -0.05) is 0 Å². The summed E-state index contributed by atoms with van der Waals surface area (Å²) < 4.78 is 4.84. The summed E-state index contributed by atoms with van der Waals surface area (Å²) in [5.41, 5.74) is 5.19. The van der Waals surface area contributed by atoms with Crippen molar-refractivity contribution in [1.82, 2.24) is 9.55 Å². The van der Waals surface area contributed by atoms with Crippen LogP contribution in [0.5, 0.6) is 0 Å². The molecule has 0 saturated carbocycles. The van der Waals surface area contributed by atoms with Gasteiger partial charge in [0.2, 0.25) is 5.95 Å². The van der Waals surface area contributed by atoms with Crippen LogP contribution >= 0.6 is 31.9 Å². The molecular weight excluding hydrogens is 394 g/mol. The lowest BCUT2D eigenvalue weighted by atomic mass is 10.0. The summed E-state index contributed by atoms with van der Waals surface area (Å²) in [5, 5.41) is 0. The minimum Gasteiger partial charge on any atom is -0.340 e. The second-order valence-corrected chi connectivity index (χ2v) is 7.87. The molecule has 5 heteroatoms. The van der Waals surface area contributed by atoms with Gasteiger partial charge in [-0.25, -0.2) is 4.98 Å². The minimum absolute atomic E-state index is 0.607. The Morgan fingerprint density at radius 3 is 2.67 bits per heavy atom. The van der Waals surface area contributed by atoms with Crippen LogP contribution in [0.4, 0.5) is 5.95 Å². The molecule has 1 aromatic heterocycles. The topological polar surface area (TPSA) is 21.1 Å². The van der Waals surface area contributed by atoms with Crippen molar-refractivity contribution in [2.24, 2.45) is 0 Å². The van der Waals surface area contributed by atoms with Crippen LogP contribution in [-0.2, 0) is 13.0 Å². The zero-order valence-electron chi connectivity index (χ0n) is 12.4. The largest absolute Gasteiger partial charge is 0.340 e. The van der Waals surface area contributed by atoms with E-state index in [1.54, 1.807) is 0 Å². The first-order valence-corrected chi connectivity index (χ1v) is 9.31. The molecule has 0 bridgehead atoms. The lowest BCUT2D eigenvalue weighted by Gasteiger charge is -2.25. The maximum Gasteiger partial charge on any atom is 0.206 e. The highest BCUT2D eigenvalue weighted by atomic mass is 79.9. The third-order valence-corrected chi connectivity index (χ3v) is 7.39. The minimum atomic E-state index is 0.607. The quantitative estimate of drug-likeness (QED) is 0.670. The number of aromatic nitrogens is 2. The van der Waals surface area contributed by atoms with Crippen molar-refractivity contribution in [2.45, 2.75) is 52.1 Å². The number of benzene rings is 1. The van der Waals surface area contributed by atoms with Crippen LogP contribution in [0.1, 0.15) is 37.3 Å². The van der Waals surface area contributed by atoms with Crippen LogP contribution in [0, 0.1) is 6.92 Å². The van der Waals surface area contributed by atoms with E-state index >= 15 is 0 Å². The molecule has 3 heterocycles. The van der Waals surface area contributed by atoms with Crippen molar-refractivity contribution in [3.63, 3.8) is 0 Å². The van der Waals surface area contributed by atoms with E-state index in [0.717, 1.165) is 24.0 Å². The molecule has 2 aliphatic rings. The number of aryl methyl sites for hydroxylation is 3. The number of hydrogen-bond donors (Lipinski definition) is 0. The monoisotopic (exact) mass is 411 g/mol. The van der Waals surface area contributed by atoms with Crippen LogP contribution in [-0.4, -0.2) is 22.1 Å². The van der Waals surface area contributed by atoms with Gasteiger partial charge in [-0.2, -0.15) is 0 Å². The van der Waals surface area contributed by atoms with Gasteiger partial charge in [0, 0.05) is 28.1 Å². The number of anilines is 1. The second kappa shape index (κ2) is 4.98. The molecule has 4 rings (SSSR count). The summed E-state index contributed by atoms with van der Waals surface area (Å²) in [6, 6.07) is 0.607. The standard InChI is InChI=1S/C16H19Br2N3/c1-9-5-3-7-20(9)16-19-14-10(2)12(17)13(18)11-6-4-8-21(16)15(11)14/h9H,3-8H2,1-2H3/t9-/m0/s1. The van der Waals surface area contributed by atoms with Crippen molar-refractivity contribution in [2.75, 3.05) is 11.4 Å². The highest BCUT2D eigenvalue weighted by Crippen LogP contribution is 2.42. The second-order valence-electron chi connectivity index (χ2n) is 6.28. The van der Waals surface area contributed by atoms with Crippen LogP contribution in [0.15, 0.2) is 8.95 Å². The molecule has 0 aliphatic carbocycles. The smallest absolute Gasteiger partial charge is 0.206 e. The molecule has 0 radical (unpaired) electrons. The summed E-state index contributed by atoms with van der Waals surface area (Å²) >= 11 is 7.52. The number of imidazole rings is 1. The third-order valence-electron chi connectivity index (χ3n) is 4.99. The SMILES string of the molecule is Cc1c(Br)c(Br)c2c3c1nc(N1CCC[C@@H]1C)n3CCC2. The Morgan fingerprint density at radius 1 is 1.14 bits per heavy atom. The summed E-state index contributed by atoms with van der Waals surface area (Å²) in [5.74, 6) is 1.18. The Balaban J connectivity index is 2.03. The lowest BCUT2D eigenvalue weighted by Crippen LogP contribution is -2.29. The Labute approximate surface area is 142 Å². The maximum absolute atomic E-state index is 5.06. The molecule has 1 fully saturated rings. The fourth-order valence-electron chi connectivity index (χ4n) is 3.82. The van der Waals surface area contributed by atoms with E-state index in [1.165, 1.54) is 51.8 Å². The van der Waals surface area contributed by atoms with Crippen molar-refractivity contribution in [3.05, 3.63) is 20.1 Å². The average molecular weight is 413 g/mol. The summed E-state index contributed by atoms with van der Waals surface area (Å²) in [6.45, 7) is 6.72. The molecule has 21 heavy (non-hydrogen) atoms. The Kier molecular flexibility index (Phi) is 3.34. The van der Waals surface area contributed by atoms with E-state index in [1.807, 2.05) is 0 Å². The fourth-order valence-corrected chi connectivity index (χ4v) is 4.93. The van der Waals surface area contributed by atoms with Crippen LogP contribution in [0.2, 0.25) is 0 Å². The molecule has 0 spiro atoms. The lowest BCUT2D eigenvalue weighted by molar-refractivity contribution is 0.608. The first-order chi connectivity index (χ1) is 10.1. The predicted octanol–water partition coefficient (Wildman–Crippen LogP) is 4.80. The summed E-state index contributed by atoms with van der Waals surface area (Å²) in [4.78, 5) is 7.55. The maximum atomic E-state index is 5.06. The predicted molar refractivity (Wildman–Crippen MR) is 94.2 cm³/mol. The number of rotatable bonds is 1. The van der Waals surface area contributed by atoms with E-state index in [4.69, 9.17) is 4.98 Å². The molecule has 1 atom stereocenters. The molecule has 0 amide bonds. The van der Waals surface area contributed by atoms with Crippen molar-refractivity contribution in [3.8, 4) is 0 Å². The van der Waals surface area contributed by atoms with Gasteiger partial charge in [0.1, 0.15) is 0 Å². The molecule has 0 N–H and O–H groups in total. The molecule has 112 valence electrons. The number of nitrogens with zero attached hydrogens (tertiary/aromatic N) is 3. The van der Waals surface area contributed by atoms with Gasteiger partial charge in [-0.05, 0) is 82.5 Å². The molecule has 2 aliphatic heterocycles. The van der Waals surface area contributed by atoms with E-state index < -0.39 is 0 Å². The first kappa shape index (κ1) is 14.1. The van der Waals surface area contributed by atoms with Crippen LogP contribution in [0.25, 0.3) is 11.0 Å². The van der Waals surface area contributed by atoms with Gasteiger partial charge in [-0.3, -0.25) is 0 Å².